The molecule has 0 aliphatic carbocycles. The van der Waals surface area contributed by atoms with Gasteiger partial charge in [-0.25, -0.2) is 0 Å². The first-order valence-electron chi connectivity index (χ1n) is 7.15. The normalized spacial score (nSPS) is 11.2. The van der Waals surface area contributed by atoms with Crippen molar-refractivity contribution in [2.24, 2.45) is 0 Å². The molecule has 0 unspecified atom stereocenters. The first-order chi connectivity index (χ1) is 12.1. The Morgan fingerprint density at radius 2 is 2.08 bits per heavy atom. The summed E-state index contributed by atoms with van der Waals surface area (Å²) < 4.78 is 39.3. The Morgan fingerprint density at radius 3 is 2.62 bits per heavy atom. The summed E-state index contributed by atoms with van der Waals surface area (Å²) in [6, 6.07) is 1.90. The summed E-state index contributed by atoms with van der Waals surface area (Å²) in [6.07, 6.45) is -4.82. The lowest BCUT2D eigenvalue weighted by atomic mass is 10.1. The van der Waals surface area contributed by atoms with Gasteiger partial charge in [0.05, 0.1) is 10.5 Å². The molecular weight excluding hydrogens is 377 g/mol. The smallest absolute Gasteiger partial charge is 0.303 e. The van der Waals surface area contributed by atoms with Gasteiger partial charge in [0.25, 0.3) is 5.69 Å². The number of hydrazine groups is 1. The van der Waals surface area contributed by atoms with Crippen LogP contribution in [0.2, 0.25) is 0 Å². The molecule has 8 nitrogen and oxygen atoms in total. The van der Waals surface area contributed by atoms with E-state index in [9.17, 15) is 32.9 Å². The predicted octanol–water partition coefficient (Wildman–Crippen LogP) is 2.68. The Hall–Kier alpha value is -2.89. The lowest BCUT2D eigenvalue weighted by Crippen LogP contribution is -2.31. The fourth-order valence-electron chi connectivity index (χ4n) is 2.05. The highest BCUT2D eigenvalue weighted by Crippen LogP contribution is 2.34. The molecule has 2 rings (SSSR count). The number of thiazole rings is 1. The van der Waals surface area contributed by atoms with Gasteiger partial charge in [-0.3, -0.25) is 30.6 Å². The summed E-state index contributed by atoms with van der Waals surface area (Å²) in [5, 5.41) is 12.6. The Kier molecular flexibility index (Phi) is 5.65. The molecule has 1 amide bonds. The van der Waals surface area contributed by atoms with Crippen molar-refractivity contribution in [1.82, 2.24) is 9.99 Å². The van der Waals surface area contributed by atoms with Gasteiger partial charge >= 0.3 is 11.0 Å². The number of benzene rings is 1. The van der Waals surface area contributed by atoms with Gasteiger partial charge in [-0.05, 0) is 19.1 Å². The van der Waals surface area contributed by atoms with Crippen LogP contribution in [0, 0.1) is 17.0 Å². The Balaban J connectivity index is 2.03. The zero-order valence-electron chi connectivity index (χ0n) is 13.3. The highest BCUT2D eigenvalue weighted by molar-refractivity contribution is 7.07. The van der Waals surface area contributed by atoms with E-state index in [0.717, 1.165) is 17.4 Å². The number of nitro groups is 1. The Labute approximate surface area is 148 Å². The van der Waals surface area contributed by atoms with Crippen LogP contribution in [0.1, 0.15) is 17.7 Å². The third-order valence-electron chi connectivity index (χ3n) is 3.40. The number of hydrogen-bond acceptors (Lipinski definition) is 6. The average molecular weight is 390 g/mol. The molecule has 0 fully saturated rings. The van der Waals surface area contributed by atoms with Crippen LogP contribution < -0.4 is 15.7 Å². The molecule has 1 aromatic carbocycles. The van der Waals surface area contributed by atoms with Crippen molar-refractivity contribution in [3.63, 3.8) is 0 Å². The number of amides is 1. The minimum absolute atomic E-state index is 0.0983. The lowest BCUT2D eigenvalue weighted by molar-refractivity contribution is -0.384. The molecule has 1 aromatic heterocycles. The van der Waals surface area contributed by atoms with E-state index in [1.54, 1.807) is 12.3 Å². The second-order valence-corrected chi connectivity index (χ2v) is 6.03. The van der Waals surface area contributed by atoms with Crippen molar-refractivity contribution < 1.29 is 22.9 Å². The van der Waals surface area contributed by atoms with Crippen LogP contribution in [0.15, 0.2) is 28.4 Å². The number of halogens is 3. The monoisotopic (exact) mass is 390 g/mol. The third-order valence-corrected chi connectivity index (χ3v) is 4.28. The van der Waals surface area contributed by atoms with Crippen molar-refractivity contribution in [3.8, 4) is 0 Å². The molecule has 0 atom stereocenters. The highest BCUT2D eigenvalue weighted by Gasteiger charge is 2.33. The Bertz CT molecular complexity index is 891. The van der Waals surface area contributed by atoms with E-state index in [-0.39, 0.29) is 23.5 Å². The van der Waals surface area contributed by atoms with Crippen LogP contribution >= 0.6 is 11.3 Å². The average Bonchev–Trinajstić information content (AvgIpc) is 2.88. The molecule has 0 radical (unpaired) electrons. The molecule has 1 heterocycles. The van der Waals surface area contributed by atoms with Gasteiger partial charge in [0.1, 0.15) is 5.69 Å². The van der Waals surface area contributed by atoms with Gasteiger partial charge < -0.3 is 4.57 Å². The van der Waals surface area contributed by atoms with Crippen LogP contribution in [0.4, 0.5) is 24.5 Å². The van der Waals surface area contributed by atoms with Gasteiger partial charge in [0, 0.05) is 30.1 Å². The molecule has 26 heavy (non-hydrogen) atoms. The van der Waals surface area contributed by atoms with Crippen LogP contribution in [0.25, 0.3) is 0 Å². The summed E-state index contributed by atoms with van der Waals surface area (Å²) in [4.78, 5) is 33.1. The minimum Gasteiger partial charge on any atom is -0.303 e. The second-order valence-electron chi connectivity index (χ2n) is 5.20. The molecule has 0 spiro atoms. The van der Waals surface area contributed by atoms with E-state index in [0.29, 0.717) is 17.8 Å². The molecular formula is C14H13F3N4O4S. The number of anilines is 1. The molecule has 0 aliphatic heterocycles. The number of hydrogen-bond donors (Lipinski definition) is 2. The zero-order valence-corrected chi connectivity index (χ0v) is 14.1. The SMILES string of the molecule is Cc1csc(=O)n1CCC(=O)NNc1ccc(C(F)(F)F)cc1[N+](=O)[O-]. The summed E-state index contributed by atoms with van der Waals surface area (Å²) in [5.74, 6) is -0.586. The molecule has 12 heteroatoms. The molecule has 140 valence electrons. The maximum atomic E-state index is 12.6. The fraction of sp³-hybridized carbons (Fsp3) is 0.286. The van der Waals surface area contributed by atoms with Crippen molar-refractivity contribution >= 4 is 28.6 Å². The minimum atomic E-state index is -4.72. The number of alkyl halides is 3. The molecule has 0 saturated heterocycles. The summed E-state index contributed by atoms with van der Waals surface area (Å²) in [5.41, 5.74) is 2.81. The van der Waals surface area contributed by atoms with E-state index in [1.165, 1.54) is 4.57 Å². The largest absolute Gasteiger partial charge is 0.416 e. The number of aryl methyl sites for hydroxylation is 1. The second kappa shape index (κ2) is 7.56. The molecule has 0 saturated carbocycles. The summed E-state index contributed by atoms with van der Waals surface area (Å²) in [6.45, 7) is 1.82. The van der Waals surface area contributed by atoms with E-state index < -0.39 is 28.3 Å². The van der Waals surface area contributed by atoms with Crippen LogP contribution in [0.3, 0.4) is 0 Å². The van der Waals surface area contributed by atoms with Gasteiger partial charge in [-0.2, -0.15) is 13.2 Å². The topological polar surface area (TPSA) is 106 Å². The number of nitro benzene ring substituents is 1. The molecule has 0 aliphatic rings. The van der Waals surface area contributed by atoms with E-state index >= 15 is 0 Å². The van der Waals surface area contributed by atoms with Gasteiger partial charge in [0.15, 0.2) is 0 Å². The van der Waals surface area contributed by atoms with E-state index in [1.807, 2.05) is 0 Å². The number of rotatable bonds is 6. The summed E-state index contributed by atoms with van der Waals surface area (Å²) in [7, 11) is 0. The predicted molar refractivity (Wildman–Crippen MR) is 87.8 cm³/mol. The van der Waals surface area contributed by atoms with Gasteiger partial charge in [-0.15, -0.1) is 0 Å². The number of carbonyl (C=O) groups is 1. The quantitative estimate of drug-likeness (QED) is 0.583. The fourth-order valence-corrected chi connectivity index (χ4v) is 2.81. The molecule has 0 bridgehead atoms. The maximum Gasteiger partial charge on any atom is 0.416 e. The maximum absolute atomic E-state index is 12.6. The standard InChI is InChI=1S/C14H13F3N4O4S/c1-8-7-26-13(23)20(8)5-4-12(22)19-18-10-3-2-9(14(15,16)17)6-11(10)21(24)25/h2-3,6-7,18H,4-5H2,1H3,(H,19,22). The summed E-state index contributed by atoms with van der Waals surface area (Å²) >= 11 is 0.995. The zero-order chi connectivity index (χ0) is 19.5. The number of aromatic nitrogens is 1. The third kappa shape index (κ3) is 4.59. The first-order valence-corrected chi connectivity index (χ1v) is 8.03. The highest BCUT2D eigenvalue weighted by atomic mass is 32.1. The molecule has 2 aromatic rings. The lowest BCUT2D eigenvalue weighted by Gasteiger charge is -2.11. The van der Waals surface area contributed by atoms with Gasteiger partial charge in [-0.1, -0.05) is 11.3 Å². The van der Waals surface area contributed by atoms with Crippen molar-refractivity contribution in [1.29, 1.82) is 0 Å². The van der Waals surface area contributed by atoms with Gasteiger partial charge in [0.2, 0.25) is 5.91 Å². The van der Waals surface area contributed by atoms with Crippen LogP contribution in [-0.2, 0) is 17.5 Å². The number of carbonyl (C=O) groups excluding carboxylic acids is 1. The number of nitrogens with one attached hydrogen (secondary N) is 2. The first kappa shape index (κ1) is 19.4. The molecule has 2 N–H and O–H groups in total. The van der Waals surface area contributed by atoms with Crippen molar-refractivity contribution in [2.45, 2.75) is 26.1 Å². The van der Waals surface area contributed by atoms with Crippen LogP contribution in [0.5, 0.6) is 0 Å². The van der Waals surface area contributed by atoms with Crippen molar-refractivity contribution in [3.05, 3.63) is 54.6 Å². The van der Waals surface area contributed by atoms with Crippen molar-refractivity contribution in [2.75, 3.05) is 5.43 Å². The van der Waals surface area contributed by atoms with E-state index in [2.05, 4.69) is 10.9 Å². The number of nitrogens with zero attached hydrogens (tertiary/aromatic N) is 2. The Morgan fingerprint density at radius 1 is 1.38 bits per heavy atom. The van der Waals surface area contributed by atoms with Crippen LogP contribution in [-0.4, -0.2) is 15.4 Å². The van der Waals surface area contributed by atoms with E-state index in [4.69, 9.17) is 0 Å².